The zero-order valence-electron chi connectivity index (χ0n) is 18.4. The van der Waals surface area contributed by atoms with E-state index in [1.807, 2.05) is 22.6 Å². The minimum absolute atomic E-state index is 0.0987. The Labute approximate surface area is 213 Å². The van der Waals surface area contributed by atoms with Crippen LogP contribution in [0.4, 0.5) is 19.3 Å². The Hall–Kier alpha value is -3.54. The highest BCUT2D eigenvalue weighted by molar-refractivity contribution is 14.1. The van der Waals surface area contributed by atoms with Gasteiger partial charge in [-0.05, 0) is 76.2 Å². The number of imide groups is 1. The minimum Gasteiger partial charge on any atom is -0.497 e. The third-order valence-electron chi connectivity index (χ3n) is 5.54. The van der Waals surface area contributed by atoms with Crippen molar-refractivity contribution in [1.82, 2.24) is 10.2 Å². The van der Waals surface area contributed by atoms with E-state index in [1.54, 1.807) is 36.4 Å². The first kappa shape index (κ1) is 24.6. The van der Waals surface area contributed by atoms with E-state index in [4.69, 9.17) is 4.74 Å². The molecule has 35 heavy (non-hydrogen) atoms. The summed E-state index contributed by atoms with van der Waals surface area (Å²) < 4.78 is 34.0. The van der Waals surface area contributed by atoms with Gasteiger partial charge in [-0.2, -0.15) is 0 Å². The first-order valence-electron chi connectivity index (χ1n) is 10.5. The number of anilines is 1. The van der Waals surface area contributed by atoms with E-state index in [2.05, 4.69) is 10.6 Å². The van der Waals surface area contributed by atoms with Crippen molar-refractivity contribution in [2.24, 2.45) is 0 Å². The second kappa shape index (κ2) is 10.4. The zero-order chi connectivity index (χ0) is 25.1. The second-order valence-corrected chi connectivity index (χ2v) is 9.07. The molecule has 0 saturated carbocycles. The van der Waals surface area contributed by atoms with Crippen molar-refractivity contribution in [3.8, 4) is 5.75 Å². The van der Waals surface area contributed by atoms with Crippen LogP contribution in [0, 0.1) is 15.2 Å². The number of halogens is 3. The maximum atomic E-state index is 14.4. The van der Waals surface area contributed by atoms with Crippen molar-refractivity contribution in [3.63, 3.8) is 0 Å². The van der Waals surface area contributed by atoms with Gasteiger partial charge in [0.25, 0.3) is 5.91 Å². The molecule has 1 aliphatic rings. The first-order valence-corrected chi connectivity index (χ1v) is 11.6. The fourth-order valence-electron chi connectivity index (χ4n) is 3.81. The molecule has 2 N–H and O–H groups in total. The summed E-state index contributed by atoms with van der Waals surface area (Å²) in [7, 11) is 1.51. The van der Waals surface area contributed by atoms with Crippen LogP contribution in [0.2, 0.25) is 0 Å². The predicted octanol–water partition coefficient (Wildman–Crippen LogP) is 4.42. The lowest BCUT2D eigenvalue weighted by atomic mass is 10.0. The van der Waals surface area contributed by atoms with Crippen molar-refractivity contribution in [1.29, 1.82) is 0 Å². The number of hydrogen-bond donors (Lipinski definition) is 2. The highest BCUT2D eigenvalue weighted by Gasteiger charge is 2.45. The lowest BCUT2D eigenvalue weighted by Gasteiger charge is -2.25. The van der Waals surface area contributed by atoms with Gasteiger partial charge in [-0.25, -0.2) is 18.5 Å². The van der Waals surface area contributed by atoms with Gasteiger partial charge in [0.05, 0.1) is 12.8 Å². The van der Waals surface area contributed by atoms with E-state index in [0.717, 1.165) is 4.90 Å². The molecule has 0 spiro atoms. The summed E-state index contributed by atoms with van der Waals surface area (Å²) in [6.07, 6.45) is -0.163. The van der Waals surface area contributed by atoms with Crippen LogP contribution in [0.3, 0.4) is 0 Å². The molecule has 180 valence electrons. The normalized spacial score (nSPS) is 16.1. The number of carbonyl (C=O) groups is 3. The molecule has 4 rings (SSSR count). The van der Waals surface area contributed by atoms with Crippen LogP contribution in [0.5, 0.6) is 5.75 Å². The van der Waals surface area contributed by atoms with E-state index in [0.29, 0.717) is 20.4 Å². The summed E-state index contributed by atoms with van der Waals surface area (Å²) in [6.45, 7) is 0. The summed E-state index contributed by atoms with van der Waals surface area (Å²) in [5.74, 6) is -2.06. The lowest BCUT2D eigenvalue weighted by Crippen LogP contribution is -2.49. The van der Waals surface area contributed by atoms with Crippen molar-refractivity contribution < 1.29 is 27.9 Å². The van der Waals surface area contributed by atoms with Crippen molar-refractivity contribution in [2.75, 3.05) is 12.4 Å². The predicted molar refractivity (Wildman–Crippen MR) is 133 cm³/mol. The molecular formula is C25H20F2IN3O4. The van der Waals surface area contributed by atoms with Crippen LogP contribution < -0.4 is 15.4 Å². The number of nitrogens with one attached hydrogen (secondary N) is 2. The van der Waals surface area contributed by atoms with E-state index >= 15 is 0 Å². The summed E-state index contributed by atoms with van der Waals surface area (Å²) >= 11 is 1.93. The van der Waals surface area contributed by atoms with Gasteiger partial charge in [0.1, 0.15) is 29.5 Å². The fourth-order valence-corrected chi connectivity index (χ4v) is 4.26. The van der Waals surface area contributed by atoms with Crippen LogP contribution in [-0.4, -0.2) is 35.9 Å². The third-order valence-corrected chi connectivity index (χ3v) is 6.21. The number of methoxy groups -OCH3 is 1. The first-order chi connectivity index (χ1) is 16.8. The van der Waals surface area contributed by atoms with E-state index in [-0.39, 0.29) is 12.1 Å². The smallest absolute Gasteiger partial charge is 0.325 e. The molecule has 1 unspecified atom stereocenters. The van der Waals surface area contributed by atoms with Gasteiger partial charge in [0, 0.05) is 9.99 Å². The van der Waals surface area contributed by atoms with Crippen LogP contribution >= 0.6 is 22.6 Å². The Morgan fingerprint density at radius 1 is 1.11 bits per heavy atom. The number of urea groups is 1. The molecular weight excluding hydrogens is 571 g/mol. The Morgan fingerprint density at radius 3 is 2.51 bits per heavy atom. The number of benzene rings is 3. The van der Waals surface area contributed by atoms with Gasteiger partial charge in [-0.1, -0.05) is 24.3 Å². The summed E-state index contributed by atoms with van der Waals surface area (Å²) in [6, 6.07) is 13.1. The molecule has 3 aromatic rings. The monoisotopic (exact) mass is 591 g/mol. The van der Waals surface area contributed by atoms with Crippen LogP contribution in [0.15, 0.2) is 66.7 Å². The van der Waals surface area contributed by atoms with Gasteiger partial charge < -0.3 is 15.4 Å². The molecule has 3 aromatic carbocycles. The van der Waals surface area contributed by atoms with Gasteiger partial charge in [0.2, 0.25) is 5.91 Å². The summed E-state index contributed by atoms with van der Waals surface area (Å²) in [4.78, 5) is 40.3. The Bertz CT molecular complexity index is 1290. The molecule has 0 radical (unpaired) electrons. The van der Waals surface area contributed by atoms with Crippen molar-refractivity contribution in [3.05, 3.63) is 93.1 Å². The van der Waals surface area contributed by atoms with Crippen LogP contribution in [0.25, 0.3) is 0 Å². The molecule has 7 nitrogen and oxygen atoms in total. The van der Waals surface area contributed by atoms with Gasteiger partial charge in [-0.15, -0.1) is 0 Å². The fraction of sp³-hybridized carbons (Fsp3) is 0.160. The van der Waals surface area contributed by atoms with Crippen molar-refractivity contribution >= 4 is 46.1 Å². The molecule has 0 bridgehead atoms. The molecule has 4 amide bonds. The number of amides is 4. The number of hydrogen-bond acceptors (Lipinski definition) is 4. The number of nitrogens with zero attached hydrogens (tertiary/aromatic N) is 1. The molecule has 1 aliphatic heterocycles. The maximum Gasteiger partial charge on any atom is 0.325 e. The topological polar surface area (TPSA) is 87.7 Å². The van der Waals surface area contributed by atoms with Gasteiger partial charge in [-0.3, -0.25) is 9.59 Å². The van der Waals surface area contributed by atoms with Gasteiger partial charge in [0.15, 0.2) is 0 Å². The highest BCUT2D eigenvalue weighted by atomic mass is 127. The molecule has 1 saturated heterocycles. The molecule has 0 aliphatic carbocycles. The summed E-state index contributed by atoms with van der Waals surface area (Å²) in [5, 5.41) is 5.05. The van der Waals surface area contributed by atoms with E-state index in [1.165, 1.54) is 37.4 Å². The number of ether oxygens (including phenoxy) is 1. The second-order valence-electron chi connectivity index (χ2n) is 7.83. The standard InChI is InChI=1S/C25H20F2IN3O4/c1-35-18-8-5-15(6-9-18)22-24(33)31(25(34)30-22)21(12-14-3-2-4-16(26)11-14)23(32)29-20-10-7-17(28)13-19(20)27/h2-11,13,21-22H,12H2,1H3,(H,29,32)(H,30,34)/t21?,22-/m1/s1. The molecule has 2 atom stereocenters. The van der Waals surface area contributed by atoms with E-state index in [9.17, 15) is 23.2 Å². The van der Waals surface area contributed by atoms with E-state index < -0.39 is 41.6 Å². The largest absolute Gasteiger partial charge is 0.497 e. The van der Waals surface area contributed by atoms with Crippen LogP contribution in [0.1, 0.15) is 17.2 Å². The molecule has 1 heterocycles. The highest BCUT2D eigenvalue weighted by Crippen LogP contribution is 2.27. The molecule has 0 aromatic heterocycles. The minimum atomic E-state index is -1.36. The zero-order valence-corrected chi connectivity index (χ0v) is 20.6. The Morgan fingerprint density at radius 2 is 1.86 bits per heavy atom. The SMILES string of the molecule is COc1ccc([C@H]2NC(=O)N(C(Cc3cccc(F)c3)C(=O)Nc3ccc(I)cc3F)C2=O)cc1. The molecule has 10 heteroatoms. The Kier molecular flexibility index (Phi) is 7.29. The number of carbonyl (C=O) groups excluding carboxylic acids is 3. The lowest BCUT2D eigenvalue weighted by molar-refractivity contribution is -0.134. The number of rotatable bonds is 7. The quantitative estimate of drug-likeness (QED) is 0.315. The average molecular weight is 591 g/mol. The van der Waals surface area contributed by atoms with Crippen LogP contribution in [-0.2, 0) is 16.0 Å². The maximum absolute atomic E-state index is 14.4. The Balaban J connectivity index is 1.65. The average Bonchev–Trinajstić information content (AvgIpc) is 3.13. The van der Waals surface area contributed by atoms with Crippen molar-refractivity contribution in [2.45, 2.75) is 18.5 Å². The molecule has 1 fully saturated rings. The summed E-state index contributed by atoms with van der Waals surface area (Å²) in [5.41, 5.74) is 0.792. The van der Waals surface area contributed by atoms with Gasteiger partial charge >= 0.3 is 6.03 Å². The third kappa shape index (κ3) is 5.42.